The minimum Gasteiger partial charge on any atom is -0.454 e. The molecule has 2 rings (SSSR count). The molecule has 2 aliphatic rings. The SMILES string of the molecule is CC(=O)OC1(C(F)(C2(OC(C)=O)CCCCC2)S(=O)(=O)O)CCCCC1. The number of rotatable bonds is 5. The molecule has 2 fully saturated rings. The summed E-state index contributed by atoms with van der Waals surface area (Å²) in [6.45, 7) is 2.14. The summed E-state index contributed by atoms with van der Waals surface area (Å²) in [5, 5.41) is -3.43. The van der Waals surface area contributed by atoms with Gasteiger partial charge in [-0.3, -0.25) is 14.1 Å². The molecule has 150 valence electrons. The van der Waals surface area contributed by atoms with Crippen molar-refractivity contribution >= 4 is 22.1 Å². The van der Waals surface area contributed by atoms with E-state index >= 15 is 4.39 Å². The average Bonchev–Trinajstić information content (AvgIpc) is 2.53. The third-order valence-corrected chi connectivity index (χ3v) is 6.98. The Balaban J connectivity index is 2.72. The molecule has 0 saturated heterocycles. The van der Waals surface area contributed by atoms with Gasteiger partial charge in [0.2, 0.25) is 0 Å². The summed E-state index contributed by atoms with van der Waals surface area (Å²) in [5.41, 5.74) is -4.17. The summed E-state index contributed by atoms with van der Waals surface area (Å²) in [6.07, 6.45) is 2.94. The maximum absolute atomic E-state index is 16.7. The van der Waals surface area contributed by atoms with E-state index in [0.29, 0.717) is 25.7 Å². The lowest BCUT2D eigenvalue weighted by molar-refractivity contribution is -0.223. The minimum absolute atomic E-state index is 0.0636. The number of carbonyl (C=O) groups excluding carboxylic acids is 2. The summed E-state index contributed by atoms with van der Waals surface area (Å²) in [7, 11) is -5.39. The van der Waals surface area contributed by atoms with Crippen molar-refractivity contribution in [1.29, 1.82) is 0 Å². The van der Waals surface area contributed by atoms with Crippen LogP contribution >= 0.6 is 0 Å². The first kappa shape index (κ1) is 21.1. The summed E-state index contributed by atoms with van der Waals surface area (Å²) in [4.78, 5) is 23.5. The largest absolute Gasteiger partial charge is 0.454 e. The third kappa shape index (κ3) is 3.47. The zero-order valence-electron chi connectivity index (χ0n) is 15.3. The van der Waals surface area contributed by atoms with E-state index in [1.165, 1.54) is 0 Å². The van der Waals surface area contributed by atoms with Crippen molar-refractivity contribution in [1.82, 2.24) is 0 Å². The number of hydrogen-bond acceptors (Lipinski definition) is 6. The molecule has 1 N–H and O–H groups in total. The van der Waals surface area contributed by atoms with Gasteiger partial charge in [-0.1, -0.05) is 12.8 Å². The molecule has 0 bridgehead atoms. The van der Waals surface area contributed by atoms with Crippen LogP contribution in [0.3, 0.4) is 0 Å². The molecule has 0 atom stereocenters. The van der Waals surface area contributed by atoms with Crippen LogP contribution in [0.2, 0.25) is 0 Å². The van der Waals surface area contributed by atoms with Gasteiger partial charge < -0.3 is 9.47 Å². The minimum atomic E-state index is -5.39. The summed E-state index contributed by atoms with van der Waals surface area (Å²) in [5.74, 6) is -1.68. The lowest BCUT2D eigenvalue weighted by Crippen LogP contribution is -2.71. The number of carbonyl (C=O) groups is 2. The molecule has 0 spiro atoms. The normalized spacial score (nSPS) is 23.1. The first-order chi connectivity index (χ1) is 12.0. The van der Waals surface area contributed by atoms with Crippen LogP contribution in [0.1, 0.15) is 78.1 Å². The molecule has 0 amide bonds. The number of hydrogen-bond donors (Lipinski definition) is 1. The topological polar surface area (TPSA) is 107 Å². The average molecular weight is 394 g/mol. The summed E-state index contributed by atoms with van der Waals surface area (Å²) < 4.78 is 62.1. The highest BCUT2D eigenvalue weighted by Gasteiger charge is 2.75. The fourth-order valence-electron chi connectivity index (χ4n) is 4.66. The zero-order valence-corrected chi connectivity index (χ0v) is 16.1. The first-order valence-corrected chi connectivity index (χ1v) is 10.5. The van der Waals surface area contributed by atoms with E-state index in [0.717, 1.165) is 26.7 Å². The van der Waals surface area contributed by atoms with Gasteiger partial charge in [-0.15, -0.1) is 0 Å². The van der Waals surface area contributed by atoms with E-state index in [-0.39, 0.29) is 25.7 Å². The van der Waals surface area contributed by atoms with Crippen molar-refractivity contribution in [3.8, 4) is 0 Å². The fraction of sp³-hybridized carbons (Fsp3) is 0.882. The Hall–Kier alpha value is -1.22. The van der Waals surface area contributed by atoms with Crippen LogP contribution in [0.5, 0.6) is 0 Å². The monoisotopic (exact) mass is 394 g/mol. The van der Waals surface area contributed by atoms with Gasteiger partial charge in [-0.25, -0.2) is 4.39 Å². The van der Waals surface area contributed by atoms with Gasteiger partial charge in [0.05, 0.1) is 0 Å². The molecular formula is C17H27FO7S. The molecule has 0 aromatic heterocycles. The lowest BCUT2D eigenvalue weighted by Gasteiger charge is -2.53. The van der Waals surface area contributed by atoms with E-state index in [1.54, 1.807) is 0 Å². The highest BCUT2D eigenvalue weighted by molar-refractivity contribution is 7.87. The highest BCUT2D eigenvalue weighted by Crippen LogP contribution is 2.56. The zero-order chi connectivity index (χ0) is 19.6. The van der Waals surface area contributed by atoms with Gasteiger partial charge in [0.1, 0.15) is 0 Å². The van der Waals surface area contributed by atoms with Crippen LogP contribution < -0.4 is 0 Å². The molecule has 2 saturated carbocycles. The predicted molar refractivity (Wildman–Crippen MR) is 90.6 cm³/mol. The molecule has 0 radical (unpaired) electrons. The van der Waals surface area contributed by atoms with Gasteiger partial charge in [-0.2, -0.15) is 8.42 Å². The highest BCUT2D eigenvalue weighted by atomic mass is 32.2. The molecule has 7 nitrogen and oxygen atoms in total. The summed E-state index contributed by atoms with van der Waals surface area (Å²) >= 11 is 0. The standard InChI is InChI=1S/C17H27FO7S/c1-13(19)24-15(9-5-3-6-10-15)17(18,26(21,22)23)16(25-14(2)20)11-7-4-8-12-16/h3-12H2,1-2H3,(H,21,22,23). The summed E-state index contributed by atoms with van der Waals surface area (Å²) in [6, 6.07) is 0. The van der Waals surface area contributed by atoms with Gasteiger partial charge in [0, 0.05) is 13.8 Å². The van der Waals surface area contributed by atoms with Crippen molar-refractivity contribution in [2.75, 3.05) is 0 Å². The van der Waals surface area contributed by atoms with E-state index in [9.17, 15) is 22.6 Å². The van der Waals surface area contributed by atoms with Crippen LogP contribution in [0.15, 0.2) is 0 Å². The van der Waals surface area contributed by atoms with Crippen molar-refractivity contribution in [3.05, 3.63) is 0 Å². The Bertz CT molecular complexity index is 608. The Kier molecular flexibility index (Phi) is 6.02. The Labute approximate surface area is 153 Å². The quantitative estimate of drug-likeness (QED) is 0.564. The Morgan fingerprint density at radius 1 is 0.846 bits per heavy atom. The second kappa shape index (κ2) is 7.42. The molecule has 0 aliphatic heterocycles. The van der Waals surface area contributed by atoms with Crippen LogP contribution in [-0.2, 0) is 29.2 Å². The van der Waals surface area contributed by atoms with E-state index in [4.69, 9.17) is 9.47 Å². The van der Waals surface area contributed by atoms with Crippen molar-refractivity contribution in [2.24, 2.45) is 0 Å². The number of halogens is 1. The first-order valence-electron chi connectivity index (χ1n) is 9.05. The molecular weight excluding hydrogens is 367 g/mol. The van der Waals surface area contributed by atoms with E-state index in [2.05, 4.69) is 0 Å². The number of esters is 2. The third-order valence-electron chi connectivity index (χ3n) is 5.53. The number of alkyl halides is 1. The number of ether oxygens (including phenoxy) is 2. The van der Waals surface area contributed by atoms with Crippen LogP contribution in [0.25, 0.3) is 0 Å². The molecule has 0 aromatic carbocycles. The second-order valence-corrected chi connectivity index (χ2v) is 8.88. The maximum Gasteiger partial charge on any atom is 0.312 e. The Morgan fingerprint density at radius 2 is 1.15 bits per heavy atom. The van der Waals surface area contributed by atoms with Crippen molar-refractivity contribution < 1.29 is 36.4 Å². The predicted octanol–water partition coefficient (Wildman–Crippen LogP) is 3.07. The van der Waals surface area contributed by atoms with Crippen molar-refractivity contribution in [2.45, 2.75) is 94.3 Å². The van der Waals surface area contributed by atoms with Gasteiger partial charge in [0.15, 0.2) is 11.2 Å². The second-order valence-electron chi connectivity index (χ2n) is 7.37. The molecule has 2 aliphatic carbocycles. The Morgan fingerprint density at radius 3 is 1.38 bits per heavy atom. The van der Waals surface area contributed by atoms with Crippen LogP contribution in [0.4, 0.5) is 4.39 Å². The smallest absolute Gasteiger partial charge is 0.312 e. The molecule has 0 aromatic rings. The van der Waals surface area contributed by atoms with Gasteiger partial charge >= 0.3 is 27.1 Å². The molecule has 0 heterocycles. The van der Waals surface area contributed by atoms with Crippen molar-refractivity contribution in [3.63, 3.8) is 0 Å². The van der Waals surface area contributed by atoms with Gasteiger partial charge in [0.25, 0.3) is 0 Å². The lowest BCUT2D eigenvalue weighted by atomic mass is 9.69. The van der Waals surface area contributed by atoms with E-state index < -0.39 is 38.3 Å². The molecule has 26 heavy (non-hydrogen) atoms. The fourth-order valence-corrected chi connectivity index (χ4v) is 6.09. The van der Waals surface area contributed by atoms with E-state index in [1.807, 2.05) is 0 Å². The van der Waals surface area contributed by atoms with Crippen LogP contribution in [0, 0.1) is 0 Å². The maximum atomic E-state index is 16.7. The van der Waals surface area contributed by atoms with Crippen LogP contribution in [-0.4, -0.2) is 41.1 Å². The van der Waals surface area contributed by atoms with Gasteiger partial charge in [-0.05, 0) is 51.4 Å². The molecule has 0 unspecified atom stereocenters. The molecule has 9 heteroatoms.